The summed E-state index contributed by atoms with van der Waals surface area (Å²) in [5.41, 5.74) is 3.46. The van der Waals surface area contributed by atoms with Gasteiger partial charge in [-0.2, -0.15) is 0 Å². The lowest BCUT2D eigenvalue weighted by molar-refractivity contribution is 0.0963. The van der Waals surface area contributed by atoms with Crippen molar-refractivity contribution < 1.29 is 9.59 Å². The van der Waals surface area contributed by atoms with Crippen molar-refractivity contribution in [3.63, 3.8) is 0 Å². The van der Waals surface area contributed by atoms with Gasteiger partial charge in [-0.1, -0.05) is 70.9 Å². The summed E-state index contributed by atoms with van der Waals surface area (Å²) in [5, 5.41) is 0.955. The number of rotatable bonds is 7. The summed E-state index contributed by atoms with van der Waals surface area (Å²) in [6.07, 6.45) is 1.27. The molecule has 0 saturated carbocycles. The van der Waals surface area contributed by atoms with Crippen LogP contribution in [0.25, 0.3) is 0 Å². The zero-order chi connectivity index (χ0) is 17.7. The average molecular weight is 408 g/mol. The van der Waals surface area contributed by atoms with Crippen molar-refractivity contribution in [3.8, 4) is 0 Å². The van der Waals surface area contributed by atoms with E-state index < -0.39 is 0 Å². The normalized spacial score (nSPS) is 12.0. The van der Waals surface area contributed by atoms with Crippen LogP contribution in [-0.4, -0.2) is 16.9 Å². The van der Waals surface area contributed by atoms with E-state index >= 15 is 0 Å². The highest BCUT2D eigenvalue weighted by molar-refractivity contribution is 9.09. The Balaban J connectivity index is 1.97. The lowest BCUT2D eigenvalue weighted by Crippen LogP contribution is -2.09. The SMILES string of the molecule is Cc1ccc(C(=O)C[C@H](C)Cc2ccc(C(=O)CBr)cc2)cc1Cl. The molecule has 0 aromatic heterocycles. The van der Waals surface area contributed by atoms with E-state index in [0.717, 1.165) is 17.5 Å². The average Bonchev–Trinajstić information content (AvgIpc) is 2.57. The molecule has 4 heteroatoms. The van der Waals surface area contributed by atoms with E-state index in [9.17, 15) is 9.59 Å². The smallest absolute Gasteiger partial charge is 0.173 e. The van der Waals surface area contributed by atoms with E-state index in [1.165, 1.54) is 0 Å². The molecule has 2 aromatic rings. The van der Waals surface area contributed by atoms with Crippen molar-refractivity contribution >= 4 is 39.1 Å². The van der Waals surface area contributed by atoms with Crippen LogP contribution < -0.4 is 0 Å². The van der Waals surface area contributed by atoms with Crippen molar-refractivity contribution in [2.45, 2.75) is 26.7 Å². The number of benzene rings is 2. The Morgan fingerprint density at radius 3 is 2.25 bits per heavy atom. The molecular formula is C20H20BrClO2. The maximum atomic E-state index is 12.4. The van der Waals surface area contributed by atoms with Crippen LogP contribution >= 0.6 is 27.5 Å². The van der Waals surface area contributed by atoms with Crippen molar-refractivity contribution in [3.05, 3.63) is 69.7 Å². The summed E-state index contributed by atoms with van der Waals surface area (Å²) in [6, 6.07) is 13.0. The van der Waals surface area contributed by atoms with Crippen LogP contribution in [0.2, 0.25) is 5.02 Å². The standard InChI is InChI=1S/C20H20BrClO2/c1-13(9-15-4-7-16(8-5-15)20(24)12-21)10-19(23)17-6-3-14(2)18(22)11-17/h3-8,11,13H,9-10,12H2,1-2H3/t13-/m1/s1. The van der Waals surface area contributed by atoms with Gasteiger partial charge in [0.1, 0.15) is 0 Å². The zero-order valence-corrected chi connectivity index (χ0v) is 16.2. The van der Waals surface area contributed by atoms with Gasteiger partial charge >= 0.3 is 0 Å². The molecule has 1 atom stereocenters. The Hall–Kier alpha value is -1.45. The van der Waals surface area contributed by atoms with Gasteiger partial charge in [-0.25, -0.2) is 0 Å². The van der Waals surface area contributed by atoms with E-state index in [1.54, 1.807) is 6.07 Å². The van der Waals surface area contributed by atoms with Crippen molar-refractivity contribution in [1.82, 2.24) is 0 Å². The predicted octanol–water partition coefficient (Wildman–Crippen LogP) is 5.68. The van der Waals surface area contributed by atoms with Gasteiger partial charge in [-0.3, -0.25) is 9.59 Å². The fourth-order valence-electron chi connectivity index (χ4n) is 2.58. The molecule has 126 valence electrons. The number of halogens is 2. The number of carbonyl (C=O) groups excluding carboxylic acids is 2. The number of carbonyl (C=O) groups is 2. The van der Waals surface area contributed by atoms with Gasteiger partial charge < -0.3 is 0 Å². The van der Waals surface area contributed by atoms with Gasteiger partial charge in [-0.05, 0) is 36.5 Å². The maximum Gasteiger partial charge on any atom is 0.173 e. The molecule has 0 saturated heterocycles. The highest BCUT2D eigenvalue weighted by Gasteiger charge is 2.13. The molecule has 0 spiro atoms. The second-order valence-corrected chi connectivity index (χ2v) is 7.12. The van der Waals surface area contributed by atoms with Gasteiger partial charge in [0, 0.05) is 22.6 Å². The summed E-state index contributed by atoms with van der Waals surface area (Å²) in [5.74, 6) is 0.395. The van der Waals surface area contributed by atoms with Crippen molar-refractivity contribution in [1.29, 1.82) is 0 Å². The summed E-state index contributed by atoms with van der Waals surface area (Å²) in [7, 11) is 0. The Morgan fingerprint density at radius 1 is 1.04 bits per heavy atom. The predicted molar refractivity (Wildman–Crippen MR) is 103 cm³/mol. The monoisotopic (exact) mass is 406 g/mol. The van der Waals surface area contributed by atoms with Crippen LogP contribution in [-0.2, 0) is 6.42 Å². The molecule has 0 amide bonds. The van der Waals surface area contributed by atoms with Gasteiger partial charge in [0.15, 0.2) is 11.6 Å². The van der Waals surface area contributed by atoms with Gasteiger partial charge in [0.2, 0.25) is 0 Å². The molecule has 2 aromatic carbocycles. The summed E-state index contributed by atoms with van der Waals surface area (Å²) in [6.45, 7) is 3.98. The first-order valence-electron chi connectivity index (χ1n) is 7.88. The summed E-state index contributed by atoms with van der Waals surface area (Å²) >= 11 is 9.27. The third-order valence-corrected chi connectivity index (χ3v) is 4.93. The van der Waals surface area contributed by atoms with Crippen LogP contribution in [0.1, 0.15) is 45.2 Å². The number of hydrogen-bond donors (Lipinski definition) is 0. The van der Waals surface area contributed by atoms with E-state index in [-0.39, 0.29) is 17.5 Å². The van der Waals surface area contributed by atoms with Gasteiger partial charge in [0.05, 0.1) is 5.33 Å². The summed E-state index contributed by atoms with van der Waals surface area (Å²) in [4.78, 5) is 24.0. The molecule has 0 fully saturated rings. The van der Waals surface area contributed by atoms with Gasteiger partial charge in [0.25, 0.3) is 0 Å². The van der Waals surface area contributed by atoms with Crippen molar-refractivity contribution in [2.24, 2.45) is 5.92 Å². The highest BCUT2D eigenvalue weighted by atomic mass is 79.9. The van der Waals surface area contributed by atoms with E-state index in [4.69, 9.17) is 11.6 Å². The first kappa shape index (κ1) is 18.9. The molecule has 0 aliphatic heterocycles. The minimum Gasteiger partial charge on any atom is -0.294 e. The minimum absolute atomic E-state index is 0.0704. The van der Waals surface area contributed by atoms with E-state index in [0.29, 0.717) is 27.9 Å². The number of alkyl halides is 1. The fraction of sp³-hybridized carbons (Fsp3) is 0.300. The molecule has 0 aliphatic carbocycles. The molecule has 0 N–H and O–H groups in total. The Bertz CT molecular complexity index is 738. The maximum absolute atomic E-state index is 12.4. The molecular weight excluding hydrogens is 388 g/mol. The first-order chi connectivity index (χ1) is 11.4. The third kappa shape index (κ3) is 5.02. The molecule has 0 heterocycles. The number of aryl methyl sites for hydroxylation is 1. The molecule has 0 radical (unpaired) electrons. The molecule has 0 bridgehead atoms. The molecule has 2 rings (SSSR count). The highest BCUT2D eigenvalue weighted by Crippen LogP contribution is 2.20. The fourth-order valence-corrected chi connectivity index (χ4v) is 3.08. The number of Topliss-reactive ketones (excluding diaryl/α,β-unsaturated/α-hetero) is 2. The topological polar surface area (TPSA) is 34.1 Å². The van der Waals surface area contributed by atoms with Crippen LogP contribution in [0.15, 0.2) is 42.5 Å². The van der Waals surface area contributed by atoms with Crippen LogP contribution in [0.5, 0.6) is 0 Å². The first-order valence-corrected chi connectivity index (χ1v) is 9.38. The molecule has 0 aliphatic rings. The lowest BCUT2D eigenvalue weighted by Gasteiger charge is -2.12. The van der Waals surface area contributed by atoms with E-state index in [2.05, 4.69) is 22.9 Å². The number of hydrogen-bond acceptors (Lipinski definition) is 2. The third-order valence-electron chi connectivity index (χ3n) is 4.01. The van der Waals surface area contributed by atoms with Crippen LogP contribution in [0.4, 0.5) is 0 Å². The Morgan fingerprint density at radius 2 is 1.67 bits per heavy atom. The molecule has 24 heavy (non-hydrogen) atoms. The van der Waals surface area contributed by atoms with E-state index in [1.807, 2.05) is 43.3 Å². The lowest BCUT2D eigenvalue weighted by atomic mass is 9.93. The summed E-state index contributed by atoms with van der Waals surface area (Å²) < 4.78 is 0. The zero-order valence-electron chi connectivity index (χ0n) is 13.8. The largest absolute Gasteiger partial charge is 0.294 e. The second-order valence-electron chi connectivity index (χ2n) is 6.15. The molecule has 2 nitrogen and oxygen atoms in total. The number of ketones is 2. The van der Waals surface area contributed by atoms with Crippen LogP contribution in [0.3, 0.4) is 0 Å². The second kappa shape index (κ2) is 8.59. The van der Waals surface area contributed by atoms with Crippen molar-refractivity contribution in [2.75, 3.05) is 5.33 Å². The Labute approximate surface area is 156 Å². The molecule has 0 unspecified atom stereocenters. The minimum atomic E-state index is 0.0704. The van der Waals surface area contributed by atoms with Gasteiger partial charge in [-0.15, -0.1) is 0 Å². The van der Waals surface area contributed by atoms with Crippen LogP contribution in [0, 0.1) is 12.8 Å². The Kier molecular flexibility index (Phi) is 6.76. The quantitative estimate of drug-likeness (QED) is 0.437.